The van der Waals surface area contributed by atoms with Crippen LogP contribution < -0.4 is 4.74 Å². The van der Waals surface area contributed by atoms with Gasteiger partial charge in [-0.25, -0.2) is 0 Å². The lowest BCUT2D eigenvalue weighted by Gasteiger charge is -2.36. The van der Waals surface area contributed by atoms with Gasteiger partial charge in [-0.2, -0.15) is 0 Å². The van der Waals surface area contributed by atoms with Crippen LogP contribution in [-0.4, -0.2) is 0 Å². The van der Waals surface area contributed by atoms with Crippen LogP contribution in [0.15, 0.2) is 146 Å². The van der Waals surface area contributed by atoms with Crippen LogP contribution in [0.2, 0.25) is 0 Å². The second-order valence-electron chi connectivity index (χ2n) is 13.2. The molecule has 1 unspecified atom stereocenters. The highest BCUT2D eigenvalue weighted by molar-refractivity contribution is 6.04. The van der Waals surface area contributed by atoms with E-state index in [1.54, 1.807) is 0 Å². The van der Waals surface area contributed by atoms with Crippen molar-refractivity contribution >= 4 is 10.8 Å². The number of rotatable bonds is 1. The first-order chi connectivity index (χ1) is 22.1. The molecule has 7 aromatic rings. The molecule has 0 radical (unpaired) electrons. The van der Waals surface area contributed by atoms with Crippen LogP contribution in [0.3, 0.4) is 0 Å². The molecule has 0 bridgehead atoms. The van der Waals surface area contributed by atoms with E-state index >= 15 is 0 Å². The third-order valence-corrected chi connectivity index (χ3v) is 10.7. The number of hydrogen-bond donors (Lipinski definition) is 0. The molecule has 0 amide bonds. The maximum atomic E-state index is 6.55. The zero-order chi connectivity index (χ0) is 29.9. The van der Waals surface area contributed by atoms with Gasteiger partial charge in [0.2, 0.25) is 0 Å². The quantitative estimate of drug-likeness (QED) is 0.189. The highest BCUT2D eigenvalue weighted by Crippen LogP contribution is 2.64. The topological polar surface area (TPSA) is 9.23 Å². The minimum Gasteiger partial charge on any atom is -0.457 e. The largest absolute Gasteiger partial charge is 0.457 e. The molecule has 0 N–H and O–H groups in total. The van der Waals surface area contributed by atoms with Crippen molar-refractivity contribution in [3.63, 3.8) is 0 Å². The van der Waals surface area contributed by atoms with E-state index < -0.39 is 5.41 Å². The van der Waals surface area contributed by atoms with Gasteiger partial charge in [0, 0.05) is 16.5 Å². The van der Waals surface area contributed by atoms with Crippen molar-refractivity contribution in [2.75, 3.05) is 0 Å². The maximum absolute atomic E-state index is 6.55. The summed E-state index contributed by atoms with van der Waals surface area (Å²) in [7, 11) is 0. The van der Waals surface area contributed by atoms with Crippen LogP contribution in [-0.2, 0) is 10.8 Å². The molecule has 1 nitrogen and oxygen atoms in total. The third-order valence-electron chi connectivity index (χ3n) is 10.7. The Labute approximate surface area is 263 Å². The molecule has 212 valence electrons. The molecular formula is C44H30O. The van der Waals surface area contributed by atoms with E-state index in [-0.39, 0.29) is 5.41 Å². The number of benzene rings is 7. The lowest BCUT2D eigenvalue weighted by atomic mass is 9.68. The van der Waals surface area contributed by atoms with Gasteiger partial charge in [0.05, 0.1) is 5.41 Å². The molecule has 1 heteroatoms. The summed E-state index contributed by atoms with van der Waals surface area (Å²) >= 11 is 0. The summed E-state index contributed by atoms with van der Waals surface area (Å²) in [5.41, 5.74) is 15.1. The summed E-state index contributed by atoms with van der Waals surface area (Å²) in [5.74, 6) is 1.89. The van der Waals surface area contributed by atoms with Gasteiger partial charge in [0.1, 0.15) is 11.5 Å². The van der Waals surface area contributed by atoms with Crippen molar-refractivity contribution in [1.29, 1.82) is 0 Å². The average molecular weight is 575 g/mol. The van der Waals surface area contributed by atoms with Gasteiger partial charge in [-0.1, -0.05) is 141 Å². The fourth-order valence-electron chi connectivity index (χ4n) is 8.91. The Morgan fingerprint density at radius 1 is 0.422 bits per heavy atom. The summed E-state index contributed by atoms with van der Waals surface area (Å²) in [6, 6.07) is 53.9. The van der Waals surface area contributed by atoms with Crippen LogP contribution in [0.5, 0.6) is 11.5 Å². The van der Waals surface area contributed by atoms with Gasteiger partial charge in [0.15, 0.2) is 0 Å². The highest BCUT2D eigenvalue weighted by Gasteiger charge is 2.52. The first-order valence-corrected chi connectivity index (χ1v) is 15.9. The molecule has 0 saturated heterocycles. The fourth-order valence-corrected chi connectivity index (χ4v) is 8.91. The van der Waals surface area contributed by atoms with Crippen molar-refractivity contribution in [3.8, 4) is 44.9 Å². The second kappa shape index (κ2) is 8.61. The van der Waals surface area contributed by atoms with Crippen molar-refractivity contribution in [2.45, 2.75) is 24.7 Å². The minimum absolute atomic E-state index is 0.219. The van der Waals surface area contributed by atoms with Crippen LogP contribution in [0.4, 0.5) is 0 Å². The molecule has 0 fully saturated rings. The van der Waals surface area contributed by atoms with Crippen LogP contribution >= 0.6 is 0 Å². The molecule has 1 spiro atoms. The van der Waals surface area contributed by atoms with Crippen molar-refractivity contribution in [3.05, 3.63) is 179 Å². The lowest BCUT2D eigenvalue weighted by molar-refractivity contribution is 0.419. The summed E-state index contributed by atoms with van der Waals surface area (Å²) in [6.07, 6.45) is 0. The molecule has 0 aromatic heterocycles. The molecule has 1 heterocycles. The molecule has 1 atom stereocenters. The Kier molecular flexibility index (Phi) is 4.78. The Morgan fingerprint density at radius 3 is 1.84 bits per heavy atom. The first-order valence-electron chi connectivity index (χ1n) is 15.9. The van der Waals surface area contributed by atoms with E-state index in [0.717, 1.165) is 11.5 Å². The summed E-state index contributed by atoms with van der Waals surface area (Å²) < 4.78 is 6.55. The smallest absolute Gasteiger partial charge is 0.132 e. The van der Waals surface area contributed by atoms with Crippen molar-refractivity contribution < 1.29 is 4.74 Å². The summed E-state index contributed by atoms with van der Waals surface area (Å²) in [5, 5.41) is 2.60. The number of para-hydroxylation sites is 1. The molecule has 0 saturated carbocycles. The Morgan fingerprint density at radius 2 is 1.02 bits per heavy atom. The number of hydrogen-bond acceptors (Lipinski definition) is 1. The number of ether oxygens (including phenoxy) is 1. The summed E-state index contributed by atoms with van der Waals surface area (Å²) in [6.45, 7) is 4.66. The first kappa shape index (κ1) is 25.0. The fraction of sp³-hybridized carbons (Fsp3) is 0.0909. The van der Waals surface area contributed by atoms with Crippen molar-refractivity contribution in [1.82, 2.24) is 0 Å². The van der Waals surface area contributed by atoms with Crippen LogP contribution in [0, 0.1) is 0 Å². The Bertz CT molecular complexity index is 2380. The summed E-state index contributed by atoms with van der Waals surface area (Å²) in [4.78, 5) is 0. The van der Waals surface area contributed by atoms with Crippen LogP contribution in [0.25, 0.3) is 44.2 Å². The van der Waals surface area contributed by atoms with Gasteiger partial charge in [-0.15, -0.1) is 0 Å². The van der Waals surface area contributed by atoms with Crippen molar-refractivity contribution in [2.24, 2.45) is 0 Å². The monoisotopic (exact) mass is 574 g/mol. The number of fused-ring (bicyclic) bond motifs is 14. The lowest BCUT2D eigenvalue weighted by Crippen LogP contribution is -2.26. The molecule has 2 aliphatic carbocycles. The molecule has 45 heavy (non-hydrogen) atoms. The van der Waals surface area contributed by atoms with E-state index in [2.05, 4.69) is 159 Å². The average Bonchev–Trinajstić information content (AvgIpc) is 3.55. The zero-order valence-corrected chi connectivity index (χ0v) is 25.3. The molecular weight excluding hydrogens is 544 g/mol. The predicted octanol–water partition coefficient (Wildman–Crippen LogP) is 11.3. The zero-order valence-electron chi connectivity index (χ0n) is 25.3. The molecule has 7 aromatic carbocycles. The van der Waals surface area contributed by atoms with Gasteiger partial charge in [-0.3, -0.25) is 0 Å². The Balaban J connectivity index is 1.31. The molecule has 1 aliphatic heterocycles. The van der Waals surface area contributed by atoms with Gasteiger partial charge in [0.25, 0.3) is 0 Å². The highest BCUT2D eigenvalue weighted by atomic mass is 16.5. The van der Waals surface area contributed by atoms with E-state index in [1.807, 2.05) is 0 Å². The Hall–Kier alpha value is -5.40. The van der Waals surface area contributed by atoms with Crippen LogP contribution in [0.1, 0.15) is 47.2 Å². The van der Waals surface area contributed by atoms with E-state index in [0.29, 0.717) is 0 Å². The molecule has 3 aliphatic rings. The molecule has 10 rings (SSSR count). The van der Waals surface area contributed by atoms with E-state index in [9.17, 15) is 0 Å². The normalized spacial score (nSPS) is 17.6. The van der Waals surface area contributed by atoms with Gasteiger partial charge >= 0.3 is 0 Å². The van der Waals surface area contributed by atoms with Gasteiger partial charge in [-0.05, 0) is 84.6 Å². The van der Waals surface area contributed by atoms with Gasteiger partial charge < -0.3 is 4.74 Å². The SMILES string of the molecule is CC1(C)c2ccccc2Oc2cccc(-c3ccc4c(c3)C3(c5ccccc5-4)c4ccccc4-c4ccc5ccccc5c43)c21. The standard InChI is InChI=1S/C44H30O/c1-43(2)37-19-9-10-20-39(37)45-40-21-11-16-30(42(40)43)28-23-24-33-31-14-5-7-17-35(31)44(38(33)26-28)36-18-8-6-15-32(36)34-25-22-27-12-3-4-13-29(27)41(34)44/h3-26H,1-2H3. The third kappa shape index (κ3) is 3.03. The maximum Gasteiger partial charge on any atom is 0.132 e. The van der Waals surface area contributed by atoms with E-state index in [4.69, 9.17) is 4.74 Å². The second-order valence-corrected chi connectivity index (χ2v) is 13.2. The minimum atomic E-state index is -0.414. The predicted molar refractivity (Wildman–Crippen MR) is 184 cm³/mol. The van der Waals surface area contributed by atoms with E-state index in [1.165, 1.54) is 77.5 Å².